The van der Waals surface area contributed by atoms with Crippen LogP contribution in [0.2, 0.25) is 0 Å². The summed E-state index contributed by atoms with van der Waals surface area (Å²) in [6.45, 7) is 7.52. The van der Waals surface area contributed by atoms with Crippen LogP contribution in [0.3, 0.4) is 0 Å². The second-order valence-electron chi connectivity index (χ2n) is 5.18. The SMILES string of the molecule is CCc1cc(CC(=O)C(C)(C)S(C)(=O)=O)n(CC)n1. The summed E-state index contributed by atoms with van der Waals surface area (Å²) in [6, 6.07) is 1.87. The fourth-order valence-electron chi connectivity index (χ4n) is 1.69. The van der Waals surface area contributed by atoms with Crippen molar-refractivity contribution in [3.8, 4) is 0 Å². The lowest BCUT2D eigenvalue weighted by Crippen LogP contribution is -2.41. The van der Waals surface area contributed by atoms with Gasteiger partial charge in [0.1, 0.15) is 4.75 Å². The lowest BCUT2D eigenvalue weighted by molar-refractivity contribution is -0.120. The van der Waals surface area contributed by atoms with E-state index >= 15 is 0 Å². The summed E-state index contributed by atoms with van der Waals surface area (Å²) in [5, 5.41) is 4.36. The number of aryl methyl sites for hydroxylation is 2. The first kappa shape index (κ1) is 15.9. The molecule has 0 spiro atoms. The molecule has 1 aromatic heterocycles. The molecule has 108 valence electrons. The standard InChI is InChI=1S/C13H22N2O3S/c1-6-10-8-11(15(7-2)14-10)9-12(16)13(3,4)19(5,17)18/h8H,6-7,9H2,1-5H3. The normalized spacial score (nSPS) is 12.7. The average molecular weight is 286 g/mol. The molecule has 6 heteroatoms. The molecule has 1 rings (SSSR count). The van der Waals surface area contributed by atoms with E-state index < -0.39 is 14.6 Å². The van der Waals surface area contributed by atoms with E-state index in [2.05, 4.69) is 5.10 Å². The van der Waals surface area contributed by atoms with Gasteiger partial charge in [0, 0.05) is 18.5 Å². The van der Waals surface area contributed by atoms with Crippen LogP contribution in [0.5, 0.6) is 0 Å². The maximum Gasteiger partial charge on any atom is 0.159 e. The highest BCUT2D eigenvalue weighted by Crippen LogP contribution is 2.19. The first-order valence-electron chi connectivity index (χ1n) is 6.42. The predicted molar refractivity (Wildman–Crippen MR) is 74.9 cm³/mol. The summed E-state index contributed by atoms with van der Waals surface area (Å²) in [7, 11) is -3.42. The molecule has 0 N–H and O–H groups in total. The van der Waals surface area contributed by atoms with E-state index in [-0.39, 0.29) is 12.2 Å². The molecule has 0 fully saturated rings. The van der Waals surface area contributed by atoms with Gasteiger partial charge in [0.05, 0.1) is 12.1 Å². The lowest BCUT2D eigenvalue weighted by Gasteiger charge is -2.20. The van der Waals surface area contributed by atoms with Crippen LogP contribution in [-0.4, -0.2) is 35.0 Å². The largest absolute Gasteiger partial charge is 0.298 e. The molecular weight excluding hydrogens is 264 g/mol. The summed E-state index contributed by atoms with van der Waals surface area (Å²) >= 11 is 0. The number of rotatable bonds is 6. The second-order valence-corrected chi connectivity index (χ2v) is 7.74. The number of sulfone groups is 1. The number of nitrogens with zero attached hydrogens (tertiary/aromatic N) is 2. The highest BCUT2D eigenvalue weighted by molar-refractivity contribution is 7.92. The fourth-order valence-corrected chi connectivity index (χ4v) is 2.17. The van der Waals surface area contributed by atoms with Gasteiger partial charge in [0.15, 0.2) is 15.6 Å². The zero-order valence-corrected chi connectivity index (χ0v) is 13.0. The number of ketones is 1. The van der Waals surface area contributed by atoms with E-state index in [1.54, 1.807) is 4.68 Å². The molecule has 0 aliphatic heterocycles. The van der Waals surface area contributed by atoms with E-state index in [4.69, 9.17) is 0 Å². The molecule has 0 aliphatic rings. The van der Waals surface area contributed by atoms with Gasteiger partial charge in [-0.2, -0.15) is 5.10 Å². The van der Waals surface area contributed by atoms with Crippen LogP contribution in [0.1, 0.15) is 39.1 Å². The van der Waals surface area contributed by atoms with Gasteiger partial charge < -0.3 is 0 Å². The van der Waals surface area contributed by atoms with Crippen LogP contribution < -0.4 is 0 Å². The Morgan fingerprint density at radius 1 is 1.37 bits per heavy atom. The molecular formula is C13H22N2O3S. The Morgan fingerprint density at radius 3 is 2.37 bits per heavy atom. The number of Topliss-reactive ketones (excluding diaryl/α,β-unsaturated/α-hetero) is 1. The van der Waals surface area contributed by atoms with Gasteiger partial charge in [-0.05, 0) is 33.3 Å². The van der Waals surface area contributed by atoms with Crippen molar-refractivity contribution in [2.24, 2.45) is 0 Å². The molecule has 0 aromatic carbocycles. The van der Waals surface area contributed by atoms with Crippen LogP contribution in [0.25, 0.3) is 0 Å². The van der Waals surface area contributed by atoms with E-state index in [0.717, 1.165) is 24.1 Å². The van der Waals surface area contributed by atoms with Gasteiger partial charge in [-0.3, -0.25) is 9.48 Å². The molecule has 0 amide bonds. The monoisotopic (exact) mass is 286 g/mol. The van der Waals surface area contributed by atoms with Crippen LogP contribution in [0.15, 0.2) is 6.07 Å². The zero-order chi connectivity index (χ0) is 14.8. The van der Waals surface area contributed by atoms with E-state index in [0.29, 0.717) is 6.54 Å². The Kier molecular flexibility index (Phi) is 4.55. The van der Waals surface area contributed by atoms with Crippen molar-refractivity contribution in [2.45, 2.75) is 51.8 Å². The first-order chi connectivity index (χ1) is 8.63. The van der Waals surface area contributed by atoms with Gasteiger partial charge in [-0.1, -0.05) is 6.92 Å². The third kappa shape index (κ3) is 3.23. The summed E-state index contributed by atoms with van der Waals surface area (Å²) in [5.41, 5.74) is 1.70. The van der Waals surface area contributed by atoms with Crippen molar-refractivity contribution >= 4 is 15.6 Å². The molecule has 19 heavy (non-hydrogen) atoms. The maximum absolute atomic E-state index is 12.2. The minimum atomic E-state index is -3.42. The molecule has 0 atom stereocenters. The van der Waals surface area contributed by atoms with Crippen LogP contribution >= 0.6 is 0 Å². The molecule has 0 radical (unpaired) electrons. The Morgan fingerprint density at radius 2 is 1.95 bits per heavy atom. The van der Waals surface area contributed by atoms with Crippen molar-refractivity contribution in [2.75, 3.05) is 6.26 Å². The minimum absolute atomic E-state index is 0.0981. The topological polar surface area (TPSA) is 69.0 Å². The van der Waals surface area contributed by atoms with Crippen molar-refractivity contribution in [3.63, 3.8) is 0 Å². The first-order valence-corrected chi connectivity index (χ1v) is 8.31. The third-order valence-electron chi connectivity index (χ3n) is 3.52. The number of aromatic nitrogens is 2. The summed E-state index contributed by atoms with van der Waals surface area (Å²) in [6.07, 6.45) is 1.99. The molecule has 0 bridgehead atoms. The third-order valence-corrected chi connectivity index (χ3v) is 5.60. The highest BCUT2D eigenvalue weighted by Gasteiger charge is 2.38. The number of carbonyl (C=O) groups excluding carboxylic acids is 1. The second kappa shape index (κ2) is 5.45. The molecule has 1 aromatic rings. The molecule has 0 saturated heterocycles. The summed E-state index contributed by atoms with van der Waals surface area (Å²) in [5.74, 6) is -0.299. The van der Waals surface area contributed by atoms with E-state index in [1.807, 2.05) is 19.9 Å². The molecule has 0 saturated carbocycles. The van der Waals surface area contributed by atoms with E-state index in [9.17, 15) is 13.2 Å². The zero-order valence-electron chi connectivity index (χ0n) is 12.2. The average Bonchev–Trinajstić information content (AvgIpc) is 2.69. The number of hydrogen-bond donors (Lipinski definition) is 0. The predicted octanol–water partition coefficient (Wildman–Crippen LogP) is 1.40. The number of carbonyl (C=O) groups is 1. The Labute approximate surface area is 114 Å². The summed E-state index contributed by atoms with van der Waals surface area (Å²) in [4.78, 5) is 12.2. The van der Waals surface area contributed by atoms with E-state index in [1.165, 1.54) is 13.8 Å². The van der Waals surface area contributed by atoms with Gasteiger partial charge in [0.2, 0.25) is 0 Å². The Hall–Kier alpha value is -1.17. The fraction of sp³-hybridized carbons (Fsp3) is 0.692. The summed E-state index contributed by atoms with van der Waals surface area (Å²) < 4.78 is 23.7. The van der Waals surface area contributed by atoms with Gasteiger partial charge in [-0.15, -0.1) is 0 Å². The molecule has 5 nitrogen and oxygen atoms in total. The van der Waals surface area contributed by atoms with Crippen molar-refractivity contribution in [1.29, 1.82) is 0 Å². The highest BCUT2D eigenvalue weighted by atomic mass is 32.2. The quantitative estimate of drug-likeness (QED) is 0.792. The molecule has 0 aliphatic carbocycles. The van der Waals surface area contributed by atoms with Crippen LogP contribution in [-0.2, 0) is 34.0 Å². The van der Waals surface area contributed by atoms with Crippen LogP contribution in [0.4, 0.5) is 0 Å². The number of hydrogen-bond acceptors (Lipinski definition) is 4. The molecule has 1 heterocycles. The lowest BCUT2D eigenvalue weighted by atomic mass is 10.0. The smallest absolute Gasteiger partial charge is 0.159 e. The van der Waals surface area contributed by atoms with Crippen molar-refractivity contribution in [3.05, 3.63) is 17.5 Å². The minimum Gasteiger partial charge on any atom is -0.298 e. The Balaban J connectivity index is 3.03. The van der Waals surface area contributed by atoms with Crippen molar-refractivity contribution < 1.29 is 13.2 Å². The van der Waals surface area contributed by atoms with Gasteiger partial charge >= 0.3 is 0 Å². The van der Waals surface area contributed by atoms with Gasteiger partial charge in [-0.25, -0.2) is 8.42 Å². The van der Waals surface area contributed by atoms with Gasteiger partial charge in [0.25, 0.3) is 0 Å². The van der Waals surface area contributed by atoms with Crippen molar-refractivity contribution in [1.82, 2.24) is 9.78 Å². The van der Waals surface area contributed by atoms with Crippen LogP contribution in [0, 0.1) is 0 Å². The molecule has 0 unspecified atom stereocenters. The maximum atomic E-state index is 12.2. The Bertz CT molecular complexity index is 571.